The summed E-state index contributed by atoms with van der Waals surface area (Å²) < 4.78 is 0. The number of benzene rings is 1. The topological polar surface area (TPSA) is 54.9 Å². The van der Waals surface area contributed by atoms with E-state index in [-0.39, 0.29) is 17.0 Å². The van der Waals surface area contributed by atoms with Crippen molar-refractivity contribution < 1.29 is 4.79 Å². The second-order valence-corrected chi connectivity index (χ2v) is 6.94. The molecule has 0 aliphatic rings. The Labute approximate surface area is 153 Å². The van der Waals surface area contributed by atoms with Crippen molar-refractivity contribution in [3.05, 3.63) is 64.5 Å². The number of thiazole rings is 1. The van der Waals surface area contributed by atoms with Crippen molar-refractivity contribution in [3.8, 4) is 10.6 Å². The molecular formula is C17H13Cl2N3OS. The molecule has 1 N–H and O–H groups in total. The number of rotatable bonds is 4. The molecule has 2 heterocycles. The number of aromatic nitrogens is 2. The van der Waals surface area contributed by atoms with Gasteiger partial charge in [-0.1, -0.05) is 46.7 Å². The zero-order chi connectivity index (χ0) is 17.1. The van der Waals surface area contributed by atoms with Gasteiger partial charge in [-0.3, -0.25) is 9.78 Å². The number of pyridine rings is 1. The Balaban J connectivity index is 1.77. The smallest absolute Gasteiger partial charge is 0.232 e. The van der Waals surface area contributed by atoms with E-state index < -0.39 is 0 Å². The number of hydrogen-bond donors (Lipinski definition) is 1. The fourth-order valence-corrected chi connectivity index (χ4v) is 3.39. The Hall–Kier alpha value is -1.95. The van der Waals surface area contributed by atoms with Crippen LogP contribution in [0.15, 0.2) is 48.8 Å². The maximum absolute atomic E-state index is 12.5. The van der Waals surface area contributed by atoms with Crippen molar-refractivity contribution in [2.75, 3.05) is 5.32 Å². The summed E-state index contributed by atoms with van der Waals surface area (Å²) in [7, 11) is 0. The standard InChI is InChI=1S/C17H13Cl2N3OS/c1-10(11-4-6-13(18)7-5-11)15(23)22-17-14(19)21-16(24-17)12-3-2-8-20-9-12/h2-10H,1H3,(H,22,23). The van der Waals surface area contributed by atoms with Crippen LogP contribution in [0.1, 0.15) is 18.4 Å². The molecule has 7 heteroatoms. The van der Waals surface area contributed by atoms with Gasteiger partial charge in [0, 0.05) is 23.0 Å². The molecule has 122 valence electrons. The Kier molecular flexibility index (Phi) is 5.14. The average molecular weight is 378 g/mol. The first-order valence-electron chi connectivity index (χ1n) is 7.17. The lowest BCUT2D eigenvalue weighted by atomic mass is 10.0. The van der Waals surface area contributed by atoms with Crippen LogP contribution < -0.4 is 5.32 Å². The quantitative estimate of drug-likeness (QED) is 0.674. The third-order valence-corrected chi connectivity index (χ3v) is 5.15. The second-order valence-electron chi connectivity index (χ2n) is 5.14. The SMILES string of the molecule is CC(C(=O)Nc1sc(-c2cccnc2)nc1Cl)c1ccc(Cl)cc1. The Morgan fingerprint density at radius 2 is 1.96 bits per heavy atom. The van der Waals surface area contributed by atoms with Crippen LogP contribution in [0.2, 0.25) is 10.2 Å². The van der Waals surface area contributed by atoms with Gasteiger partial charge in [0.05, 0.1) is 5.92 Å². The minimum Gasteiger partial charge on any atom is -0.315 e. The first-order valence-corrected chi connectivity index (χ1v) is 8.75. The highest BCUT2D eigenvalue weighted by atomic mass is 35.5. The summed E-state index contributed by atoms with van der Waals surface area (Å²) in [5.41, 5.74) is 1.74. The van der Waals surface area contributed by atoms with Crippen LogP contribution >= 0.6 is 34.5 Å². The second kappa shape index (κ2) is 7.30. The van der Waals surface area contributed by atoms with Crippen molar-refractivity contribution in [1.29, 1.82) is 0 Å². The molecule has 0 aliphatic carbocycles. The number of nitrogens with one attached hydrogen (secondary N) is 1. The van der Waals surface area contributed by atoms with Gasteiger partial charge in [-0.15, -0.1) is 0 Å². The Morgan fingerprint density at radius 3 is 2.62 bits per heavy atom. The van der Waals surface area contributed by atoms with Crippen LogP contribution in [0.5, 0.6) is 0 Å². The molecule has 0 saturated carbocycles. The molecule has 1 atom stereocenters. The lowest BCUT2D eigenvalue weighted by Gasteiger charge is -2.11. The molecule has 4 nitrogen and oxygen atoms in total. The van der Waals surface area contributed by atoms with Crippen LogP contribution in [0.3, 0.4) is 0 Å². The van der Waals surface area contributed by atoms with E-state index >= 15 is 0 Å². The molecule has 0 spiro atoms. The van der Waals surface area contributed by atoms with Crippen LogP contribution in [0.4, 0.5) is 5.00 Å². The van der Waals surface area contributed by atoms with E-state index in [0.29, 0.717) is 15.0 Å². The van der Waals surface area contributed by atoms with E-state index in [0.717, 1.165) is 11.1 Å². The summed E-state index contributed by atoms with van der Waals surface area (Å²) in [5, 5.41) is 5.00. The summed E-state index contributed by atoms with van der Waals surface area (Å²) in [6, 6.07) is 10.9. The van der Waals surface area contributed by atoms with Gasteiger partial charge in [-0.25, -0.2) is 4.98 Å². The van der Waals surface area contributed by atoms with Crippen molar-refractivity contribution in [2.45, 2.75) is 12.8 Å². The van der Waals surface area contributed by atoms with E-state index in [1.807, 2.05) is 31.2 Å². The third-order valence-electron chi connectivity index (χ3n) is 3.49. The van der Waals surface area contributed by atoms with E-state index in [2.05, 4.69) is 15.3 Å². The summed E-state index contributed by atoms with van der Waals surface area (Å²) >= 11 is 13.4. The van der Waals surface area contributed by atoms with Crippen LogP contribution in [0.25, 0.3) is 10.6 Å². The third kappa shape index (κ3) is 3.75. The Bertz CT molecular complexity index is 850. The van der Waals surface area contributed by atoms with E-state index in [1.54, 1.807) is 24.5 Å². The predicted octanol–water partition coefficient (Wildman–Crippen LogP) is 5.25. The lowest BCUT2D eigenvalue weighted by molar-refractivity contribution is -0.117. The van der Waals surface area contributed by atoms with E-state index in [4.69, 9.17) is 23.2 Å². The van der Waals surface area contributed by atoms with Gasteiger partial charge in [0.15, 0.2) is 5.15 Å². The van der Waals surface area contributed by atoms with Gasteiger partial charge >= 0.3 is 0 Å². The fourth-order valence-electron chi connectivity index (χ4n) is 2.11. The van der Waals surface area contributed by atoms with Crippen LogP contribution in [-0.2, 0) is 4.79 Å². The van der Waals surface area contributed by atoms with Gasteiger partial charge in [0.1, 0.15) is 10.0 Å². The molecule has 0 bridgehead atoms. The van der Waals surface area contributed by atoms with Crippen molar-refractivity contribution in [3.63, 3.8) is 0 Å². The van der Waals surface area contributed by atoms with Crippen molar-refractivity contribution in [2.24, 2.45) is 0 Å². The first kappa shape index (κ1) is 16.9. The van der Waals surface area contributed by atoms with Gasteiger partial charge in [-0.2, -0.15) is 0 Å². The summed E-state index contributed by atoms with van der Waals surface area (Å²) in [4.78, 5) is 20.8. The molecule has 0 aliphatic heterocycles. The summed E-state index contributed by atoms with van der Waals surface area (Å²) in [6.45, 7) is 1.83. The number of amides is 1. The van der Waals surface area contributed by atoms with Crippen LogP contribution in [-0.4, -0.2) is 15.9 Å². The molecule has 24 heavy (non-hydrogen) atoms. The summed E-state index contributed by atoms with van der Waals surface area (Å²) in [5.74, 6) is -0.483. The Morgan fingerprint density at radius 1 is 1.21 bits per heavy atom. The molecular weight excluding hydrogens is 365 g/mol. The number of nitrogens with zero attached hydrogens (tertiary/aromatic N) is 2. The van der Waals surface area contributed by atoms with Gasteiger partial charge in [0.2, 0.25) is 5.91 Å². The molecule has 1 amide bonds. The molecule has 1 unspecified atom stereocenters. The molecule has 3 rings (SSSR count). The minimum absolute atomic E-state index is 0.152. The molecule has 0 saturated heterocycles. The fraction of sp³-hybridized carbons (Fsp3) is 0.118. The number of carbonyl (C=O) groups excluding carboxylic acids is 1. The van der Waals surface area contributed by atoms with Crippen molar-refractivity contribution >= 4 is 45.4 Å². The zero-order valence-corrected chi connectivity index (χ0v) is 15.0. The number of hydrogen-bond acceptors (Lipinski definition) is 4. The van der Waals surface area contributed by atoms with Gasteiger partial charge < -0.3 is 5.32 Å². The maximum Gasteiger partial charge on any atom is 0.232 e. The van der Waals surface area contributed by atoms with Crippen molar-refractivity contribution in [1.82, 2.24) is 9.97 Å². The highest BCUT2D eigenvalue weighted by Gasteiger charge is 2.19. The molecule has 1 aromatic carbocycles. The highest BCUT2D eigenvalue weighted by Crippen LogP contribution is 2.35. The van der Waals surface area contributed by atoms with E-state index in [9.17, 15) is 4.79 Å². The molecule has 2 aromatic heterocycles. The highest BCUT2D eigenvalue weighted by molar-refractivity contribution is 7.19. The largest absolute Gasteiger partial charge is 0.315 e. The molecule has 0 radical (unpaired) electrons. The normalized spacial score (nSPS) is 12.0. The maximum atomic E-state index is 12.5. The minimum atomic E-state index is -0.331. The average Bonchev–Trinajstić information content (AvgIpc) is 2.96. The van der Waals surface area contributed by atoms with Crippen LogP contribution in [0, 0.1) is 0 Å². The van der Waals surface area contributed by atoms with Gasteiger partial charge in [-0.05, 0) is 36.8 Å². The molecule has 0 fully saturated rings. The van der Waals surface area contributed by atoms with E-state index in [1.165, 1.54) is 11.3 Å². The van der Waals surface area contributed by atoms with Gasteiger partial charge in [0.25, 0.3) is 0 Å². The zero-order valence-electron chi connectivity index (χ0n) is 12.7. The monoisotopic (exact) mass is 377 g/mol. The number of halogens is 2. The molecule has 3 aromatic rings. The summed E-state index contributed by atoms with van der Waals surface area (Å²) in [6.07, 6.45) is 3.40. The predicted molar refractivity (Wildman–Crippen MR) is 98.9 cm³/mol. The first-order chi connectivity index (χ1) is 11.5. The lowest BCUT2D eigenvalue weighted by Crippen LogP contribution is -2.18. The number of carbonyl (C=O) groups is 1. The number of anilines is 1.